The van der Waals surface area contributed by atoms with Crippen LogP contribution >= 0.6 is 0 Å². The number of carbonyl (C=O) groups is 1. The summed E-state index contributed by atoms with van der Waals surface area (Å²) in [6, 6.07) is 9.51. The van der Waals surface area contributed by atoms with Crippen LogP contribution in [0.2, 0.25) is 0 Å². The number of aldehydes is 1. The third-order valence-corrected chi connectivity index (χ3v) is 1.93. The summed E-state index contributed by atoms with van der Waals surface area (Å²) in [4.78, 5) is 16.4. The molecule has 74 valence electrons. The first-order chi connectivity index (χ1) is 6.79. The number of carbonyl (C=O) groups excluding carboxylic acids is 1. The van der Waals surface area contributed by atoms with Crippen LogP contribution in [0.25, 0.3) is 0 Å². The Morgan fingerprint density at radius 2 is 2.00 bits per heavy atom. The fourth-order valence-electron chi connectivity index (χ4n) is 1.20. The molecule has 1 unspecified atom stereocenters. The van der Waals surface area contributed by atoms with E-state index in [2.05, 4.69) is 4.99 Å². The summed E-state index contributed by atoms with van der Waals surface area (Å²) in [6.45, 7) is 1.84. The Morgan fingerprint density at radius 1 is 1.36 bits per heavy atom. The van der Waals surface area contributed by atoms with Gasteiger partial charge in [0.2, 0.25) is 0 Å². The molecule has 1 aromatic carbocycles. The van der Waals surface area contributed by atoms with Crippen molar-refractivity contribution in [3.05, 3.63) is 30.3 Å². The Kier molecular flexibility index (Phi) is 3.85. The largest absolute Gasteiger partial charge is 0.323 e. The monoisotopic (exact) mass is 190 g/mol. The second-order valence-electron chi connectivity index (χ2n) is 2.99. The predicted octanol–water partition coefficient (Wildman–Crippen LogP) is 1.74. The highest BCUT2D eigenvalue weighted by Gasteiger charge is 2.10. The van der Waals surface area contributed by atoms with Gasteiger partial charge in [-0.1, -0.05) is 18.2 Å². The van der Waals surface area contributed by atoms with Crippen LogP contribution in [0.1, 0.15) is 6.92 Å². The van der Waals surface area contributed by atoms with Crippen molar-refractivity contribution >= 4 is 18.3 Å². The molecule has 3 nitrogen and oxygen atoms in total. The first kappa shape index (κ1) is 10.4. The van der Waals surface area contributed by atoms with Crippen LogP contribution in [-0.2, 0) is 4.79 Å². The van der Waals surface area contributed by atoms with E-state index in [9.17, 15) is 4.79 Å². The molecule has 0 saturated heterocycles. The van der Waals surface area contributed by atoms with E-state index in [1.165, 1.54) is 0 Å². The number of anilines is 1. The Balaban J connectivity index is 2.94. The van der Waals surface area contributed by atoms with Crippen molar-refractivity contribution in [2.75, 3.05) is 11.9 Å². The summed E-state index contributed by atoms with van der Waals surface area (Å²) >= 11 is 0. The Labute approximate surface area is 84.1 Å². The molecule has 0 spiro atoms. The van der Waals surface area contributed by atoms with Gasteiger partial charge in [-0.15, -0.1) is 0 Å². The number of hydrogen-bond donors (Lipinski definition) is 0. The van der Waals surface area contributed by atoms with E-state index in [-0.39, 0.29) is 6.04 Å². The standard InChI is InChI=1S/C11H14N2O/c1-10(8-14)13(9-12-2)11-6-4-3-5-7-11/h3-10H,1-2H3/b12-9-. The molecule has 0 bridgehead atoms. The fourth-order valence-corrected chi connectivity index (χ4v) is 1.20. The van der Waals surface area contributed by atoms with Gasteiger partial charge in [-0.3, -0.25) is 4.99 Å². The normalized spacial score (nSPS) is 12.7. The lowest BCUT2D eigenvalue weighted by atomic mass is 10.2. The molecular weight excluding hydrogens is 176 g/mol. The van der Waals surface area contributed by atoms with Gasteiger partial charge in [0.05, 0.1) is 12.4 Å². The highest BCUT2D eigenvalue weighted by atomic mass is 16.1. The molecular formula is C11H14N2O. The van der Waals surface area contributed by atoms with Crippen molar-refractivity contribution in [1.82, 2.24) is 0 Å². The molecule has 0 N–H and O–H groups in total. The average Bonchev–Trinajstić information content (AvgIpc) is 2.26. The molecule has 0 aliphatic heterocycles. The summed E-state index contributed by atoms with van der Waals surface area (Å²) in [5.74, 6) is 0. The lowest BCUT2D eigenvalue weighted by molar-refractivity contribution is -0.108. The maximum absolute atomic E-state index is 10.7. The van der Waals surface area contributed by atoms with Crippen LogP contribution in [0.15, 0.2) is 35.3 Å². The van der Waals surface area contributed by atoms with E-state index in [1.807, 2.05) is 42.2 Å². The van der Waals surface area contributed by atoms with Gasteiger partial charge in [0.15, 0.2) is 0 Å². The zero-order valence-electron chi connectivity index (χ0n) is 8.42. The van der Waals surface area contributed by atoms with Crippen molar-refractivity contribution in [3.63, 3.8) is 0 Å². The second kappa shape index (κ2) is 5.17. The van der Waals surface area contributed by atoms with Crippen LogP contribution in [0.3, 0.4) is 0 Å². The SMILES string of the molecule is C/N=C\N(c1ccccc1)C(C)C=O. The van der Waals surface area contributed by atoms with Gasteiger partial charge in [-0.2, -0.15) is 0 Å². The Bertz CT molecular complexity index is 308. The molecule has 0 heterocycles. The van der Waals surface area contributed by atoms with Crippen molar-refractivity contribution in [3.8, 4) is 0 Å². The maximum atomic E-state index is 10.7. The summed E-state index contributed by atoms with van der Waals surface area (Å²) in [7, 11) is 1.69. The summed E-state index contributed by atoms with van der Waals surface area (Å²) in [5, 5.41) is 0. The number of nitrogens with zero attached hydrogens (tertiary/aromatic N) is 2. The highest BCUT2D eigenvalue weighted by Crippen LogP contribution is 2.13. The minimum Gasteiger partial charge on any atom is -0.323 e. The zero-order chi connectivity index (χ0) is 10.4. The molecule has 0 radical (unpaired) electrons. The minimum atomic E-state index is -0.193. The summed E-state index contributed by atoms with van der Waals surface area (Å²) in [6.07, 6.45) is 2.56. The summed E-state index contributed by atoms with van der Waals surface area (Å²) < 4.78 is 0. The van der Waals surface area contributed by atoms with Gasteiger partial charge in [-0.25, -0.2) is 0 Å². The molecule has 0 saturated carbocycles. The zero-order valence-corrected chi connectivity index (χ0v) is 8.42. The third-order valence-electron chi connectivity index (χ3n) is 1.93. The molecule has 0 amide bonds. The molecule has 1 atom stereocenters. The number of benzene rings is 1. The van der Waals surface area contributed by atoms with Crippen LogP contribution < -0.4 is 4.90 Å². The molecule has 14 heavy (non-hydrogen) atoms. The van der Waals surface area contributed by atoms with Crippen LogP contribution in [0.5, 0.6) is 0 Å². The van der Waals surface area contributed by atoms with Gasteiger partial charge < -0.3 is 9.69 Å². The highest BCUT2D eigenvalue weighted by molar-refractivity contribution is 5.85. The minimum absolute atomic E-state index is 0.193. The number of hydrogen-bond acceptors (Lipinski definition) is 2. The van der Waals surface area contributed by atoms with Crippen LogP contribution in [0, 0.1) is 0 Å². The average molecular weight is 190 g/mol. The van der Waals surface area contributed by atoms with Crippen molar-refractivity contribution in [2.24, 2.45) is 4.99 Å². The smallest absolute Gasteiger partial charge is 0.142 e. The first-order valence-electron chi connectivity index (χ1n) is 4.50. The van der Waals surface area contributed by atoms with Crippen LogP contribution in [0.4, 0.5) is 5.69 Å². The van der Waals surface area contributed by atoms with Gasteiger partial charge >= 0.3 is 0 Å². The van der Waals surface area contributed by atoms with E-state index in [0.29, 0.717) is 0 Å². The number of rotatable bonds is 4. The Hall–Kier alpha value is -1.64. The number of aliphatic imine (C=N–C) groups is 1. The molecule has 3 heteroatoms. The maximum Gasteiger partial charge on any atom is 0.142 e. The lowest BCUT2D eigenvalue weighted by Crippen LogP contribution is -2.32. The van der Waals surface area contributed by atoms with Crippen molar-refractivity contribution < 1.29 is 4.79 Å². The number of para-hydroxylation sites is 1. The fraction of sp³-hybridized carbons (Fsp3) is 0.273. The molecule has 0 aliphatic carbocycles. The van der Waals surface area contributed by atoms with Crippen molar-refractivity contribution in [2.45, 2.75) is 13.0 Å². The molecule has 0 fully saturated rings. The van der Waals surface area contributed by atoms with E-state index >= 15 is 0 Å². The van der Waals surface area contributed by atoms with E-state index < -0.39 is 0 Å². The second-order valence-corrected chi connectivity index (χ2v) is 2.99. The molecule has 0 aromatic heterocycles. The quantitative estimate of drug-likeness (QED) is 0.411. The van der Waals surface area contributed by atoms with Gasteiger partial charge in [0.1, 0.15) is 6.29 Å². The van der Waals surface area contributed by atoms with Crippen molar-refractivity contribution in [1.29, 1.82) is 0 Å². The van der Waals surface area contributed by atoms with Crippen LogP contribution in [-0.4, -0.2) is 25.7 Å². The predicted molar refractivity (Wildman–Crippen MR) is 58.9 cm³/mol. The molecule has 0 aliphatic rings. The Morgan fingerprint density at radius 3 is 2.50 bits per heavy atom. The van der Waals surface area contributed by atoms with E-state index in [4.69, 9.17) is 0 Å². The lowest BCUT2D eigenvalue weighted by Gasteiger charge is -2.22. The van der Waals surface area contributed by atoms with Gasteiger partial charge in [0.25, 0.3) is 0 Å². The topological polar surface area (TPSA) is 32.7 Å². The molecule has 1 aromatic rings. The van der Waals surface area contributed by atoms with E-state index in [0.717, 1.165) is 12.0 Å². The first-order valence-corrected chi connectivity index (χ1v) is 4.50. The summed E-state index contributed by atoms with van der Waals surface area (Å²) in [5.41, 5.74) is 0.970. The third kappa shape index (κ3) is 2.42. The van der Waals surface area contributed by atoms with Gasteiger partial charge in [-0.05, 0) is 19.1 Å². The van der Waals surface area contributed by atoms with Gasteiger partial charge in [0, 0.05) is 12.7 Å². The molecule has 1 rings (SSSR count). The van der Waals surface area contributed by atoms with E-state index in [1.54, 1.807) is 13.4 Å².